The first-order valence-corrected chi connectivity index (χ1v) is 14.3. The summed E-state index contributed by atoms with van der Waals surface area (Å²) in [5.74, 6) is 0.827. The van der Waals surface area contributed by atoms with E-state index in [1.807, 2.05) is 0 Å². The highest BCUT2D eigenvalue weighted by Gasteiger charge is 2.16. The van der Waals surface area contributed by atoms with Gasteiger partial charge < -0.3 is 22.1 Å². The van der Waals surface area contributed by atoms with Gasteiger partial charge in [0.05, 0.1) is 12.1 Å². The summed E-state index contributed by atoms with van der Waals surface area (Å²) in [6.07, 6.45) is 14.4. The molecule has 0 saturated carbocycles. The summed E-state index contributed by atoms with van der Waals surface area (Å²) in [4.78, 5) is 24.0. The van der Waals surface area contributed by atoms with E-state index >= 15 is 0 Å². The molecule has 0 aliphatic rings. The number of nitrogens with two attached hydrogens (primary N) is 2. The number of carbonyl (C=O) groups is 2. The molecule has 0 heterocycles. The van der Waals surface area contributed by atoms with Crippen LogP contribution < -0.4 is 22.1 Å². The van der Waals surface area contributed by atoms with Crippen LogP contribution in [0.3, 0.4) is 0 Å². The molecule has 178 valence electrons. The van der Waals surface area contributed by atoms with Crippen LogP contribution in [0.25, 0.3) is 0 Å². The fraction of sp³-hybridized carbons (Fsp3) is 0.909. The summed E-state index contributed by atoms with van der Waals surface area (Å²) in [6.45, 7) is 5.80. The summed E-state index contributed by atoms with van der Waals surface area (Å²) < 4.78 is 0. The van der Waals surface area contributed by atoms with Gasteiger partial charge in [-0.25, -0.2) is 0 Å². The number of hydrogen-bond acceptors (Lipinski definition) is 6. The molecule has 0 bridgehead atoms. The molecule has 0 aromatic carbocycles. The Balaban J connectivity index is 3.62. The molecule has 2 atom stereocenters. The largest absolute Gasteiger partial charge is 0.355 e. The summed E-state index contributed by atoms with van der Waals surface area (Å²) in [5.41, 5.74) is 11.9. The van der Waals surface area contributed by atoms with Gasteiger partial charge in [0.2, 0.25) is 11.8 Å². The van der Waals surface area contributed by atoms with E-state index in [9.17, 15) is 9.59 Å². The third kappa shape index (κ3) is 18.3. The molecule has 0 aromatic rings. The Labute approximate surface area is 192 Å². The highest BCUT2D eigenvalue weighted by atomic mass is 33.1. The Hall–Kier alpha value is -0.440. The van der Waals surface area contributed by atoms with E-state index < -0.39 is 12.1 Å². The van der Waals surface area contributed by atoms with E-state index in [0.717, 1.165) is 25.7 Å². The van der Waals surface area contributed by atoms with Gasteiger partial charge in [-0.05, 0) is 12.8 Å². The van der Waals surface area contributed by atoms with Crippen molar-refractivity contribution in [1.82, 2.24) is 10.6 Å². The fourth-order valence-electron chi connectivity index (χ4n) is 2.89. The molecule has 6 N–H and O–H groups in total. The van der Waals surface area contributed by atoms with Gasteiger partial charge in [-0.2, -0.15) is 0 Å². The minimum absolute atomic E-state index is 0.0994. The molecule has 0 radical (unpaired) electrons. The second kappa shape index (κ2) is 21.8. The maximum Gasteiger partial charge on any atom is 0.237 e. The Kier molecular flexibility index (Phi) is 21.5. The number of hydrogen-bond donors (Lipinski definition) is 4. The van der Waals surface area contributed by atoms with Gasteiger partial charge in [-0.15, -0.1) is 0 Å². The number of rotatable bonds is 21. The monoisotopic (exact) mass is 462 g/mol. The summed E-state index contributed by atoms with van der Waals surface area (Å²) >= 11 is 0. The van der Waals surface area contributed by atoms with Crippen LogP contribution in [-0.4, -0.2) is 48.5 Å². The molecule has 6 nitrogen and oxygen atoms in total. The zero-order valence-corrected chi connectivity index (χ0v) is 20.9. The van der Waals surface area contributed by atoms with E-state index in [2.05, 4.69) is 24.5 Å². The van der Waals surface area contributed by atoms with Crippen LogP contribution in [0.5, 0.6) is 0 Å². The smallest absolute Gasteiger partial charge is 0.237 e. The zero-order chi connectivity index (χ0) is 22.5. The van der Waals surface area contributed by atoms with Crippen LogP contribution in [0.2, 0.25) is 0 Å². The molecule has 30 heavy (non-hydrogen) atoms. The number of carbonyl (C=O) groups excluding carboxylic acids is 2. The Bertz CT molecular complexity index is 390. The van der Waals surface area contributed by atoms with Crippen LogP contribution in [-0.2, 0) is 9.59 Å². The van der Waals surface area contributed by atoms with E-state index in [4.69, 9.17) is 11.5 Å². The molecule has 0 spiro atoms. The second-order valence-corrected chi connectivity index (χ2v) is 10.5. The maximum absolute atomic E-state index is 12.0. The standard InChI is InChI=1S/C22H46N4O2S2/c1-3-5-7-9-11-13-15-25-21(27)19(23)17-29-30-18-20(24)22(28)26-16-14-12-10-8-6-4-2/h19-20H,3-18,23-24H2,1-2H3,(H,25,27)(H,26,28)/t19-,20-/m0/s1. The molecule has 2 amide bonds. The lowest BCUT2D eigenvalue weighted by atomic mass is 10.1. The van der Waals surface area contributed by atoms with E-state index in [1.54, 1.807) is 0 Å². The first-order chi connectivity index (χ1) is 14.5. The highest BCUT2D eigenvalue weighted by Crippen LogP contribution is 2.22. The van der Waals surface area contributed by atoms with Crippen molar-refractivity contribution in [3.8, 4) is 0 Å². The molecule has 0 aliphatic heterocycles. The van der Waals surface area contributed by atoms with Crippen LogP contribution in [0.4, 0.5) is 0 Å². The molecule has 8 heteroatoms. The van der Waals surface area contributed by atoms with Gasteiger partial charge >= 0.3 is 0 Å². The molecule has 0 aliphatic carbocycles. The van der Waals surface area contributed by atoms with Crippen molar-refractivity contribution in [3.05, 3.63) is 0 Å². The maximum atomic E-state index is 12.0. The average Bonchev–Trinajstić information content (AvgIpc) is 2.74. The second-order valence-electron chi connectivity index (χ2n) is 7.90. The van der Waals surface area contributed by atoms with Gasteiger partial charge in [0.1, 0.15) is 0 Å². The van der Waals surface area contributed by atoms with Gasteiger partial charge in [-0.3, -0.25) is 9.59 Å². The third-order valence-corrected chi connectivity index (χ3v) is 7.38. The zero-order valence-electron chi connectivity index (χ0n) is 19.3. The summed E-state index contributed by atoms with van der Waals surface area (Å²) in [6, 6.07) is -1.05. The van der Waals surface area contributed by atoms with Crippen molar-refractivity contribution < 1.29 is 9.59 Å². The lowest BCUT2D eigenvalue weighted by Crippen LogP contribution is -2.43. The normalized spacial score (nSPS) is 13.1. The average molecular weight is 463 g/mol. The first kappa shape index (κ1) is 29.6. The molecule has 0 aromatic heterocycles. The highest BCUT2D eigenvalue weighted by molar-refractivity contribution is 8.76. The number of unbranched alkanes of at least 4 members (excludes halogenated alkanes) is 10. The molecular formula is C22H46N4O2S2. The predicted octanol–water partition coefficient (Wildman–Crippen LogP) is 3.98. The minimum Gasteiger partial charge on any atom is -0.355 e. The number of amides is 2. The van der Waals surface area contributed by atoms with Crippen molar-refractivity contribution >= 4 is 33.4 Å². The van der Waals surface area contributed by atoms with Crippen LogP contribution in [0, 0.1) is 0 Å². The lowest BCUT2D eigenvalue weighted by Gasteiger charge is -2.13. The molecule has 0 fully saturated rings. The topological polar surface area (TPSA) is 110 Å². The third-order valence-electron chi connectivity index (χ3n) is 4.91. The van der Waals surface area contributed by atoms with E-state index in [-0.39, 0.29) is 11.8 Å². The molecule has 0 unspecified atom stereocenters. The Morgan fingerprint density at radius 2 is 0.967 bits per heavy atom. The van der Waals surface area contributed by atoms with Gasteiger partial charge in [-0.1, -0.05) is 99.6 Å². The predicted molar refractivity (Wildman–Crippen MR) is 134 cm³/mol. The Morgan fingerprint density at radius 3 is 1.33 bits per heavy atom. The van der Waals surface area contributed by atoms with E-state index in [0.29, 0.717) is 24.6 Å². The van der Waals surface area contributed by atoms with Crippen LogP contribution >= 0.6 is 21.6 Å². The quantitative estimate of drug-likeness (QED) is 0.152. The summed E-state index contributed by atoms with van der Waals surface area (Å²) in [5, 5.41) is 5.82. The van der Waals surface area contributed by atoms with Gasteiger partial charge in [0.15, 0.2) is 0 Å². The van der Waals surface area contributed by atoms with Crippen molar-refractivity contribution in [2.45, 2.75) is 103 Å². The minimum atomic E-state index is -0.527. The molecular weight excluding hydrogens is 416 g/mol. The Morgan fingerprint density at radius 1 is 0.633 bits per heavy atom. The van der Waals surface area contributed by atoms with Crippen molar-refractivity contribution in [2.24, 2.45) is 11.5 Å². The van der Waals surface area contributed by atoms with Crippen molar-refractivity contribution in [2.75, 3.05) is 24.6 Å². The first-order valence-electron chi connectivity index (χ1n) is 11.8. The lowest BCUT2D eigenvalue weighted by molar-refractivity contribution is -0.122. The fourth-order valence-corrected chi connectivity index (χ4v) is 5.14. The van der Waals surface area contributed by atoms with Gasteiger partial charge in [0, 0.05) is 24.6 Å². The van der Waals surface area contributed by atoms with E-state index in [1.165, 1.54) is 73.0 Å². The SMILES string of the molecule is CCCCCCCCNC(=O)[C@@H](N)CSSC[C@H](N)C(=O)NCCCCCCCC. The summed E-state index contributed by atoms with van der Waals surface area (Å²) in [7, 11) is 3.00. The van der Waals surface area contributed by atoms with Gasteiger partial charge in [0.25, 0.3) is 0 Å². The van der Waals surface area contributed by atoms with Crippen molar-refractivity contribution in [1.29, 1.82) is 0 Å². The number of nitrogens with one attached hydrogen (secondary N) is 2. The van der Waals surface area contributed by atoms with Crippen LogP contribution in [0.1, 0.15) is 90.9 Å². The molecule has 0 saturated heterocycles. The van der Waals surface area contributed by atoms with Crippen LogP contribution in [0.15, 0.2) is 0 Å². The van der Waals surface area contributed by atoms with Crippen molar-refractivity contribution in [3.63, 3.8) is 0 Å². The molecule has 0 rings (SSSR count).